The second kappa shape index (κ2) is 4.26. The first-order valence-corrected chi connectivity index (χ1v) is 6.56. The van der Waals surface area contributed by atoms with E-state index < -0.39 is 10.8 Å². The molecule has 0 bridgehead atoms. The number of nitrogens with zero attached hydrogens (tertiary/aromatic N) is 2. The van der Waals surface area contributed by atoms with Crippen molar-refractivity contribution in [1.82, 2.24) is 9.97 Å². The Balaban J connectivity index is 2.07. The molecule has 1 fully saturated rings. The van der Waals surface area contributed by atoms with Crippen molar-refractivity contribution in [3.63, 3.8) is 0 Å². The molecule has 1 aromatic rings. The van der Waals surface area contributed by atoms with E-state index in [-0.39, 0.29) is 0 Å². The second-order valence-electron chi connectivity index (χ2n) is 3.88. The first-order chi connectivity index (χ1) is 7.13. The predicted octanol–water partition coefficient (Wildman–Crippen LogP) is 1.03. The van der Waals surface area contributed by atoms with Crippen LogP contribution in [0.4, 0.5) is 5.82 Å². The molecule has 15 heavy (non-hydrogen) atoms. The van der Waals surface area contributed by atoms with E-state index >= 15 is 0 Å². The largest absolute Gasteiger partial charge is 0.366 e. The van der Waals surface area contributed by atoms with Crippen molar-refractivity contribution in [1.29, 1.82) is 0 Å². The lowest BCUT2D eigenvalue weighted by atomic mass is 10.2. The van der Waals surface area contributed by atoms with Gasteiger partial charge < -0.3 is 5.32 Å². The maximum atomic E-state index is 11.2. The summed E-state index contributed by atoms with van der Waals surface area (Å²) in [6, 6.07) is 2.23. The van der Waals surface area contributed by atoms with Crippen molar-refractivity contribution in [2.24, 2.45) is 0 Å². The van der Waals surface area contributed by atoms with Crippen LogP contribution in [0.1, 0.15) is 17.9 Å². The Morgan fingerprint density at radius 3 is 2.87 bits per heavy atom. The summed E-state index contributed by atoms with van der Waals surface area (Å²) in [6.07, 6.45) is 0.967. The van der Waals surface area contributed by atoms with E-state index in [9.17, 15) is 4.21 Å². The average Bonchev–Trinajstić information content (AvgIpc) is 2.49. The minimum atomic E-state index is -0.643. The van der Waals surface area contributed by atoms with E-state index in [0.717, 1.165) is 35.3 Å². The highest BCUT2D eigenvalue weighted by atomic mass is 32.2. The molecular weight excluding hydrogens is 210 g/mol. The van der Waals surface area contributed by atoms with Gasteiger partial charge in [0.25, 0.3) is 0 Å². The molecule has 2 heterocycles. The quantitative estimate of drug-likeness (QED) is 0.816. The normalized spacial score (nSPS) is 25.5. The lowest BCUT2D eigenvalue weighted by molar-refractivity contribution is 0.686. The summed E-state index contributed by atoms with van der Waals surface area (Å²) in [5, 5.41) is 3.31. The van der Waals surface area contributed by atoms with Crippen LogP contribution in [0.15, 0.2) is 6.07 Å². The van der Waals surface area contributed by atoms with Crippen molar-refractivity contribution in [2.45, 2.75) is 26.3 Å². The van der Waals surface area contributed by atoms with Gasteiger partial charge in [0.05, 0.1) is 0 Å². The molecule has 1 aliphatic rings. The minimum Gasteiger partial charge on any atom is -0.366 e. The van der Waals surface area contributed by atoms with Gasteiger partial charge in [-0.25, -0.2) is 9.97 Å². The number of hydrogen-bond donors (Lipinski definition) is 1. The third-order valence-electron chi connectivity index (χ3n) is 2.40. The van der Waals surface area contributed by atoms with Crippen molar-refractivity contribution < 1.29 is 4.21 Å². The fraction of sp³-hybridized carbons (Fsp3) is 0.600. The molecule has 2 unspecified atom stereocenters. The number of hydrogen-bond acceptors (Lipinski definition) is 4. The molecule has 1 N–H and O–H groups in total. The summed E-state index contributed by atoms with van der Waals surface area (Å²) < 4.78 is 11.2. The minimum absolute atomic E-state index is 0.305. The third kappa shape index (κ3) is 2.75. The second-order valence-corrected chi connectivity index (χ2v) is 5.50. The van der Waals surface area contributed by atoms with Crippen molar-refractivity contribution >= 4 is 16.6 Å². The molecule has 2 rings (SSSR count). The maximum absolute atomic E-state index is 11.2. The van der Waals surface area contributed by atoms with Gasteiger partial charge in [-0.05, 0) is 20.3 Å². The van der Waals surface area contributed by atoms with Gasteiger partial charge >= 0.3 is 0 Å². The fourth-order valence-electron chi connectivity index (χ4n) is 1.78. The van der Waals surface area contributed by atoms with E-state index in [1.807, 2.05) is 19.9 Å². The summed E-state index contributed by atoms with van der Waals surface area (Å²) >= 11 is 0. The molecule has 82 valence electrons. The molecule has 0 spiro atoms. The summed E-state index contributed by atoms with van der Waals surface area (Å²) in [6.45, 7) is 3.83. The Labute approximate surface area is 92.0 Å². The van der Waals surface area contributed by atoms with Gasteiger partial charge in [0.1, 0.15) is 11.6 Å². The number of nitrogens with one attached hydrogen (secondary N) is 1. The molecule has 0 aliphatic carbocycles. The molecule has 1 aliphatic heterocycles. The van der Waals surface area contributed by atoms with Crippen LogP contribution in [-0.4, -0.2) is 31.7 Å². The smallest absolute Gasteiger partial charge is 0.130 e. The third-order valence-corrected chi connectivity index (χ3v) is 3.86. The van der Waals surface area contributed by atoms with Crippen LogP contribution in [-0.2, 0) is 10.8 Å². The van der Waals surface area contributed by atoms with Gasteiger partial charge in [-0.2, -0.15) is 0 Å². The van der Waals surface area contributed by atoms with Crippen molar-refractivity contribution in [3.05, 3.63) is 17.6 Å². The van der Waals surface area contributed by atoms with Gasteiger partial charge in [0, 0.05) is 40.1 Å². The number of aromatic nitrogens is 2. The number of anilines is 1. The molecule has 4 nitrogen and oxygen atoms in total. The monoisotopic (exact) mass is 225 g/mol. The molecule has 0 aromatic carbocycles. The lowest BCUT2D eigenvalue weighted by Gasteiger charge is -2.12. The summed E-state index contributed by atoms with van der Waals surface area (Å²) in [5.74, 6) is 3.17. The Morgan fingerprint density at radius 1 is 1.47 bits per heavy atom. The highest BCUT2D eigenvalue weighted by Crippen LogP contribution is 2.14. The highest BCUT2D eigenvalue weighted by Gasteiger charge is 2.21. The van der Waals surface area contributed by atoms with Crippen LogP contribution >= 0.6 is 0 Å². The zero-order valence-electron chi connectivity index (χ0n) is 8.99. The van der Waals surface area contributed by atoms with Crippen molar-refractivity contribution in [3.8, 4) is 0 Å². The van der Waals surface area contributed by atoms with E-state index in [4.69, 9.17) is 0 Å². The van der Waals surface area contributed by atoms with E-state index in [1.54, 1.807) is 0 Å². The summed E-state index contributed by atoms with van der Waals surface area (Å²) in [5.41, 5.74) is 0.962. The number of rotatable bonds is 2. The molecule has 5 heteroatoms. The van der Waals surface area contributed by atoms with Crippen LogP contribution in [0, 0.1) is 13.8 Å². The van der Waals surface area contributed by atoms with Gasteiger partial charge in [0.2, 0.25) is 0 Å². The molecule has 0 amide bonds. The molecule has 1 saturated heterocycles. The maximum Gasteiger partial charge on any atom is 0.130 e. The molecule has 0 saturated carbocycles. The highest BCUT2D eigenvalue weighted by molar-refractivity contribution is 7.85. The van der Waals surface area contributed by atoms with Crippen molar-refractivity contribution in [2.75, 3.05) is 16.8 Å². The summed E-state index contributed by atoms with van der Waals surface area (Å²) in [4.78, 5) is 8.51. The Kier molecular flexibility index (Phi) is 3.00. The summed E-state index contributed by atoms with van der Waals surface area (Å²) in [7, 11) is -0.643. The van der Waals surface area contributed by atoms with Crippen LogP contribution in [0.25, 0.3) is 0 Å². The standard InChI is InChI=1S/C10H15N3OS/c1-7-5-10(12-8(2)11-7)13-9-3-4-15(14)6-9/h5,9H,3-4,6H2,1-2H3,(H,11,12,13). The molecular formula is C10H15N3OS. The predicted molar refractivity (Wildman–Crippen MR) is 61.4 cm³/mol. The Morgan fingerprint density at radius 2 is 2.27 bits per heavy atom. The first kappa shape index (κ1) is 10.5. The lowest BCUT2D eigenvalue weighted by Crippen LogP contribution is -2.20. The van der Waals surface area contributed by atoms with E-state index in [1.165, 1.54) is 0 Å². The Bertz CT molecular complexity index is 374. The zero-order chi connectivity index (χ0) is 10.8. The van der Waals surface area contributed by atoms with Crippen LogP contribution in [0.3, 0.4) is 0 Å². The van der Waals surface area contributed by atoms with Gasteiger partial charge in [0.15, 0.2) is 0 Å². The van der Waals surface area contributed by atoms with Crippen LogP contribution < -0.4 is 5.32 Å². The van der Waals surface area contributed by atoms with E-state index in [2.05, 4.69) is 15.3 Å². The first-order valence-electron chi connectivity index (χ1n) is 5.07. The molecule has 0 radical (unpaired) electrons. The topological polar surface area (TPSA) is 54.9 Å². The SMILES string of the molecule is Cc1cc(NC2CCS(=O)C2)nc(C)n1. The fourth-order valence-corrected chi connectivity index (χ4v) is 3.19. The molecule has 2 atom stereocenters. The Hall–Kier alpha value is -0.970. The zero-order valence-corrected chi connectivity index (χ0v) is 9.80. The van der Waals surface area contributed by atoms with Crippen LogP contribution in [0.2, 0.25) is 0 Å². The number of aryl methyl sites for hydroxylation is 2. The molecule has 1 aromatic heterocycles. The van der Waals surface area contributed by atoms with Gasteiger partial charge in [-0.15, -0.1) is 0 Å². The van der Waals surface area contributed by atoms with Gasteiger partial charge in [-0.3, -0.25) is 4.21 Å². The van der Waals surface area contributed by atoms with Crippen LogP contribution in [0.5, 0.6) is 0 Å². The van der Waals surface area contributed by atoms with E-state index in [0.29, 0.717) is 6.04 Å². The van der Waals surface area contributed by atoms with Gasteiger partial charge in [-0.1, -0.05) is 0 Å². The average molecular weight is 225 g/mol.